The van der Waals surface area contributed by atoms with Crippen LogP contribution >= 0.6 is 0 Å². The Kier molecular flexibility index (Phi) is 6.56. The molecule has 23 heavy (non-hydrogen) atoms. The van der Waals surface area contributed by atoms with E-state index >= 15 is 0 Å². The van der Waals surface area contributed by atoms with Gasteiger partial charge in [-0.25, -0.2) is 4.79 Å². The number of hydrogen-bond donors (Lipinski definition) is 2. The zero-order valence-electron chi connectivity index (χ0n) is 14.4. The summed E-state index contributed by atoms with van der Waals surface area (Å²) in [6.07, 6.45) is 7.13. The summed E-state index contributed by atoms with van der Waals surface area (Å²) in [7, 11) is 3.22. The summed E-state index contributed by atoms with van der Waals surface area (Å²) < 4.78 is 10.6. The lowest BCUT2D eigenvalue weighted by Gasteiger charge is -2.20. The lowest BCUT2D eigenvalue weighted by molar-refractivity contribution is 0.232. The highest BCUT2D eigenvalue weighted by atomic mass is 16.5. The quantitative estimate of drug-likeness (QED) is 0.812. The molecule has 0 bridgehead atoms. The molecular formula is C18H28N2O3. The van der Waals surface area contributed by atoms with Crippen molar-refractivity contribution in [2.24, 2.45) is 0 Å². The van der Waals surface area contributed by atoms with Crippen LogP contribution in [-0.2, 0) is 0 Å². The number of ether oxygens (including phenoxy) is 2. The van der Waals surface area contributed by atoms with Crippen LogP contribution in [-0.4, -0.2) is 26.3 Å². The minimum Gasteiger partial charge on any atom is -0.493 e. The van der Waals surface area contributed by atoms with Gasteiger partial charge in [-0.05, 0) is 37.5 Å². The van der Waals surface area contributed by atoms with Crippen LogP contribution in [0, 0.1) is 0 Å². The Morgan fingerprint density at radius 2 is 1.74 bits per heavy atom. The van der Waals surface area contributed by atoms with Crippen molar-refractivity contribution in [2.45, 2.75) is 57.5 Å². The fraction of sp³-hybridized carbons (Fsp3) is 0.611. The largest absolute Gasteiger partial charge is 0.493 e. The molecule has 0 heterocycles. The van der Waals surface area contributed by atoms with E-state index < -0.39 is 0 Å². The number of benzene rings is 1. The molecule has 5 nitrogen and oxygen atoms in total. The second kappa shape index (κ2) is 8.65. The SMILES string of the molecule is COc1ccc(C(C)NC(=O)NC2CCCCCC2)cc1OC. The molecular weight excluding hydrogens is 292 g/mol. The highest BCUT2D eigenvalue weighted by Crippen LogP contribution is 2.29. The molecule has 0 radical (unpaired) electrons. The highest BCUT2D eigenvalue weighted by Gasteiger charge is 2.17. The molecule has 1 aliphatic carbocycles. The van der Waals surface area contributed by atoms with Gasteiger partial charge in [-0.3, -0.25) is 0 Å². The Morgan fingerprint density at radius 1 is 1.09 bits per heavy atom. The van der Waals surface area contributed by atoms with Gasteiger partial charge in [0.1, 0.15) is 0 Å². The first kappa shape index (κ1) is 17.4. The van der Waals surface area contributed by atoms with Gasteiger partial charge in [0.15, 0.2) is 11.5 Å². The standard InChI is InChI=1S/C18H28N2O3/c1-13(14-10-11-16(22-2)17(12-14)23-3)19-18(21)20-15-8-6-4-5-7-9-15/h10-13,15H,4-9H2,1-3H3,(H2,19,20,21). The summed E-state index contributed by atoms with van der Waals surface area (Å²) >= 11 is 0. The topological polar surface area (TPSA) is 59.6 Å². The first-order valence-corrected chi connectivity index (χ1v) is 8.43. The van der Waals surface area contributed by atoms with E-state index in [0.717, 1.165) is 18.4 Å². The molecule has 0 aromatic heterocycles. The lowest BCUT2D eigenvalue weighted by Crippen LogP contribution is -2.42. The molecule has 128 valence electrons. The van der Waals surface area contributed by atoms with E-state index in [1.807, 2.05) is 25.1 Å². The molecule has 1 aliphatic rings. The predicted octanol–water partition coefficient (Wildman–Crippen LogP) is 3.79. The lowest BCUT2D eigenvalue weighted by atomic mass is 10.1. The Balaban J connectivity index is 1.92. The number of carbonyl (C=O) groups excluding carboxylic acids is 1. The molecule has 1 aromatic rings. The summed E-state index contributed by atoms with van der Waals surface area (Å²) in [4.78, 5) is 12.2. The number of methoxy groups -OCH3 is 2. The van der Waals surface area contributed by atoms with Crippen molar-refractivity contribution in [3.63, 3.8) is 0 Å². The maximum atomic E-state index is 12.2. The third-order valence-electron chi connectivity index (χ3n) is 4.45. The normalized spacial score (nSPS) is 17.0. The highest BCUT2D eigenvalue weighted by molar-refractivity contribution is 5.74. The Hall–Kier alpha value is -1.91. The van der Waals surface area contributed by atoms with E-state index in [1.165, 1.54) is 25.7 Å². The van der Waals surface area contributed by atoms with Crippen molar-refractivity contribution in [2.75, 3.05) is 14.2 Å². The van der Waals surface area contributed by atoms with Gasteiger partial charge < -0.3 is 20.1 Å². The van der Waals surface area contributed by atoms with Crippen LogP contribution in [0.5, 0.6) is 11.5 Å². The van der Waals surface area contributed by atoms with Crippen LogP contribution in [0.2, 0.25) is 0 Å². The van der Waals surface area contributed by atoms with Gasteiger partial charge in [0.05, 0.1) is 20.3 Å². The third kappa shape index (κ3) is 5.05. The first-order valence-electron chi connectivity index (χ1n) is 8.43. The smallest absolute Gasteiger partial charge is 0.315 e. The second-order valence-corrected chi connectivity index (χ2v) is 6.14. The zero-order valence-corrected chi connectivity index (χ0v) is 14.4. The summed E-state index contributed by atoms with van der Waals surface area (Å²) in [5.41, 5.74) is 0.985. The maximum Gasteiger partial charge on any atom is 0.315 e. The van der Waals surface area contributed by atoms with Crippen molar-refractivity contribution < 1.29 is 14.3 Å². The van der Waals surface area contributed by atoms with Gasteiger partial charge in [-0.15, -0.1) is 0 Å². The molecule has 1 fully saturated rings. The van der Waals surface area contributed by atoms with Crippen LogP contribution in [0.15, 0.2) is 18.2 Å². The van der Waals surface area contributed by atoms with E-state index in [4.69, 9.17) is 9.47 Å². The number of amides is 2. The van der Waals surface area contributed by atoms with Gasteiger partial charge in [0.25, 0.3) is 0 Å². The average molecular weight is 320 g/mol. The van der Waals surface area contributed by atoms with Crippen molar-refractivity contribution >= 4 is 6.03 Å². The van der Waals surface area contributed by atoms with Gasteiger partial charge in [0.2, 0.25) is 0 Å². The number of nitrogens with one attached hydrogen (secondary N) is 2. The van der Waals surface area contributed by atoms with E-state index in [9.17, 15) is 4.79 Å². The monoisotopic (exact) mass is 320 g/mol. The average Bonchev–Trinajstić information content (AvgIpc) is 2.82. The van der Waals surface area contributed by atoms with Crippen molar-refractivity contribution in [1.29, 1.82) is 0 Å². The van der Waals surface area contributed by atoms with E-state index in [0.29, 0.717) is 17.5 Å². The van der Waals surface area contributed by atoms with Crippen LogP contribution in [0.3, 0.4) is 0 Å². The van der Waals surface area contributed by atoms with E-state index in [2.05, 4.69) is 10.6 Å². The van der Waals surface area contributed by atoms with Gasteiger partial charge in [-0.1, -0.05) is 31.7 Å². The number of urea groups is 1. The van der Waals surface area contributed by atoms with Crippen LogP contribution < -0.4 is 20.1 Å². The fourth-order valence-electron chi connectivity index (χ4n) is 3.05. The van der Waals surface area contributed by atoms with Crippen LogP contribution in [0.25, 0.3) is 0 Å². The molecule has 1 unspecified atom stereocenters. The predicted molar refractivity (Wildman–Crippen MR) is 91.1 cm³/mol. The molecule has 1 atom stereocenters. The Morgan fingerprint density at radius 3 is 2.35 bits per heavy atom. The number of hydrogen-bond acceptors (Lipinski definition) is 3. The van der Waals surface area contributed by atoms with E-state index in [-0.39, 0.29) is 12.1 Å². The summed E-state index contributed by atoms with van der Waals surface area (Å²) in [6, 6.07) is 5.80. The first-order chi connectivity index (χ1) is 11.1. The molecule has 2 rings (SSSR count). The fourth-order valence-corrected chi connectivity index (χ4v) is 3.05. The molecule has 0 saturated heterocycles. The summed E-state index contributed by atoms with van der Waals surface area (Å²) in [5, 5.41) is 6.11. The van der Waals surface area contributed by atoms with Gasteiger partial charge in [-0.2, -0.15) is 0 Å². The number of carbonyl (C=O) groups is 1. The molecule has 5 heteroatoms. The van der Waals surface area contributed by atoms with E-state index in [1.54, 1.807) is 14.2 Å². The molecule has 2 amide bonds. The maximum absolute atomic E-state index is 12.2. The molecule has 1 aromatic carbocycles. The summed E-state index contributed by atoms with van der Waals surface area (Å²) in [5.74, 6) is 1.36. The van der Waals surface area contributed by atoms with Crippen molar-refractivity contribution in [1.82, 2.24) is 10.6 Å². The Bertz CT molecular complexity index is 511. The molecule has 1 saturated carbocycles. The molecule has 0 spiro atoms. The van der Waals surface area contributed by atoms with Crippen LogP contribution in [0.1, 0.15) is 57.1 Å². The molecule has 2 N–H and O–H groups in total. The van der Waals surface area contributed by atoms with Crippen molar-refractivity contribution in [3.8, 4) is 11.5 Å². The van der Waals surface area contributed by atoms with Gasteiger partial charge >= 0.3 is 6.03 Å². The van der Waals surface area contributed by atoms with Gasteiger partial charge in [0, 0.05) is 6.04 Å². The summed E-state index contributed by atoms with van der Waals surface area (Å²) in [6.45, 7) is 1.97. The molecule has 0 aliphatic heterocycles. The van der Waals surface area contributed by atoms with Crippen molar-refractivity contribution in [3.05, 3.63) is 23.8 Å². The van der Waals surface area contributed by atoms with Crippen LogP contribution in [0.4, 0.5) is 4.79 Å². The third-order valence-corrected chi connectivity index (χ3v) is 4.45. The Labute approximate surface area is 138 Å². The minimum atomic E-state index is -0.0980. The second-order valence-electron chi connectivity index (χ2n) is 6.14. The zero-order chi connectivity index (χ0) is 16.7. The minimum absolute atomic E-state index is 0.0967. The number of rotatable bonds is 5.